The summed E-state index contributed by atoms with van der Waals surface area (Å²) in [6.07, 6.45) is 6.59. The molecule has 2 heteroatoms. The molecule has 0 aromatic rings. The van der Waals surface area contributed by atoms with E-state index in [1.807, 2.05) is 0 Å². The molecule has 1 aliphatic rings. The van der Waals surface area contributed by atoms with Crippen molar-refractivity contribution in [2.45, 2.75) is 65.0 Å². The van der Waals surface area contributed by atoms with Crippen LogP contribution in [0.3, 0.4) is 0 Å². The first kappa shape index (κ1) is 13.0. The Morgan fingerprint density at radius 3 is 2.40 bits per heavy atom. The minimum Gasteiger partial charge on any atom is -0.311 e. The first-order chi connectivity index (χ1) is 7.31. The highest BCUT2D eigenvalue weighted by atomic mass is 15.2. The second kappa shape index (κ2) is 7.24. The van der Waals surface area contributed by atoms with Crippen molar-refractivity contribution in [3.05, 3.63) is 0 Å². The van der Waals surface area contributed by atoms with E-state index in [4.69, 9.17) is 0 Å². The van der Waals surface area contributed by atoms with E-state index in [0.29, 0.717) is 0 Å². The summed E-state index contributed by atoms with van der Waals surface area (Å²) in [5, 5.41) is 3.70. The van der Waals surface area contributed by atoms with Gasteiger partial charge < -0.3 is 5.32 Å². The normalized spacial score (nSPS) is 28.2. The summed E-state index contributed by atoms with van der Waals surface area (Å²) in [5.41, 5.74) is 0. The van der Waals surface area contributed by atoms with E-state index in [1.165, 1.54) is 51.7 Å². The van der Waals surface area contributed by atoms with Gasteiger partial charge in [-0.15, -0.1) is 0 Å². The molecule has 0 bridgehead atoms. The van der Waals surface area contributed by atoms with E-state index in [9.17, 15) is 0 Å². The molecule has 15 heavy (non-hydrogen) atoms. The smallest absolute Gasteiger partial charge is 0.0221 e. The molecule has 1 saturated heterocycles. The van der Waals surface area contributed by atoms with Crippen LogP contribution in [0, 0.1) is 0 Å². The van der Waals surface area contributed by atoms with Crippen LogP contribution in [0.25, 0.3) is 0 Å². The SMILES string of the molecule is CCCC1CN(CCC)C(CCC)CN1. The number of rotatable bonds is 6. The zero-order chi connectivity index (χ0) is 11.1. The Morgan fingerprint density at radius 1 is 1.07 bits per heavy atom. The molecule has 0 radical (unpaired) electrons. The predicted octanol–water partition coefficient (Wildman–Crippen LogP) is 2.64. The van der Waals surface area contributed by atoms with E-state index in [2.05, 4.69) is 31.0 Å². The van der Waals surface area contributed by atoms with Crippen molar-refractivity contribution in [1.82, 2.24) is 10.2 Å². The van der Waals surface area contributed by atoms with Gasteiger partial charge in [0, 0.05) is 25.2 Å². The van der Waals surface area contributed by atoms with Crippen LogP contribution in [0.2, 0.25) is 0 Å². The van der Waals surface area contributed by atoms with Gasteiger partial charge in [0.1, 0.15) is 0 Å². The molecule has 0 aromatic heterocycles. The fourth-order valence-electron chi connectivity index (χ4n) is 2.65. The van der Waals surface area contributed by atoms with Crippen LogP contribution in [-0.4, -0.2) is 36.6 Å². The van der Waals surface area contributed by atoms with Gasteiger partial charge >= 0.3 is 0 Å². The Kier molecular flexibility index (Phi) is 6.26. The van der Waals surface area contributed by atoms with Crippen molar-refractivity contribution < 1.29 is 0 Å². The largest absolute Gasteiger partial charge is 0.311 e. The standard InChI is InChI=1S/C13H28N2/c1-4-7-12-11-15(9-6-3)13(8-5-2)10-14-12/h12-14H,4-11H2,1-3H3. The molecule has 2 atom stereocenters. The van der Waals surface area contributed by atoms with Gasteiger partial charge in [0.25, 0.3) is 0 Å². The molecule has 1 rings (SSSR count). The van der Waals surface area contributed by atoms with E-state index in [-0.39, 0.29) is 0 Å². The predicted molar refractivity (Wildman–Crippen MR) is 67.3 cm³/mol. The molecule has 2 unspecified atom stereocenters. The molecule has 2 nitrogen and oxygen atoms in total. The first-order valence-corrected chi connectivity index (χ1v) is 6.79. The van der Waals surface area contributed by atoms with Gasteiger partial charge in [-0.05, 0) is 25.8 Å². The van der Waals surface area contributed by atoms with Gasteiger partial charge in [0.2, 0.25) is 0 Å². The number of nitrogens with one attached hydrogen (secondary N) is 1. The second-order valence-corrected chi connectivity index (χ2v) is 4.83. The highest BCUT2D eigenvalue weighted by Crippen LogP contribution is 2.14. The van der Waals surface area contributed by atoms with Crippen LogP contribution in [-0.2, 0) is 0 Å². The van der Waals surface area contributed by atoms with Gasteiger partial charge in [-0.2, -0.15) is 0 Å². The Balaban J connectivity index is 2.41. The summed E-state index contributed by atoms with van der Waals surface area (Å²) in [4.78, 5) is 2.71. The van der Waals surface area contributed by atoms with Crippen LogP contribution >= 0.6 is 0 Å². The van der Waals surface area contributed by atoms with Gasteiger partial charge in [0.15, 0.2) is 0 Å². The number of hydrogen-bond acceptors (Lipinski definition) is 2. The molecule has 0 amide bonds. The molecular weight excluding hydrogens is 184 g/mol. The fourth-order valence-corrected chi connectivity index (χ4v) is 2.65. The van der Waals surface area contributed by atoms with Gasteiger partial charge in [-0.1, -0.05) is 33.6 Å². The van der Waals surface area contributed by atoms with E-state index < -0.39 is 0 Å². The zero-order valence-electron chi connectivity index (χ0n) is 10.8. The van der Waals surface area contributed by atoms with Crippen LogP contribution in [0.15, 0.2) is 0 Å². The Bertz CT molecular complexity index is 159. The summed E-state index contributed by atoms with van der Waals surface area (Å²) in [6.45, 7) is 10.6. The van der Waals surface area contributed by atoms with Crippen molar-refractivity contribution in [3.8, 4) is 0 Å². The molecular formula is C13H28N2. The summed E-state index contributed by atoms with van der Waals surface area (Å²) < 4.78 is 0. The summed E-state index contributed by atoms with van der Waals surface area (Å²) in [5.74, 6) is 0. The lowest BCUT2D eigenvalue weighted by Gasteiger charge is -2.40. The second-order valence-electron chi connectivity index (χ2n) is 4.83. The highest BCUT2D eigenvalue weighted by molar-refractivity contribution is 4.85. The third-order valence-corrected chi connectivity index (χ3v) is 3.38. The van der Waals surface area contributed by atoms with Gasteiger partial charge in [0.05, 0.1) is 0 Å². The quantitative estimate of drug-likeness (QED) is 0.728. The van der Waals surface area contributed by atoms with E-state index in [1.54, 1.807) is 0 Å². The maximum absolute atomic E-state index is 3.70. The number of piperazine rings is 1. The Hall–Kier alpha value is -0.0800. The fraction of sp³-hybridized carbons (Fsp3) is 1.00. The maximum atomic E-state index is 3.70. The first-order valence-electron chi connectivity index (χ1n) is 6.79. The van der Waals surface area contributed by atoms with Crippen LogP contribution < -0.4 is 5.32 Å². The van der Waals surface area contributed by atoms with Crippen molar-refractivity contribution in [1.29, 1.82) is 0 Å². The summed E-state index contributed by atoms with van der Waals surface area (Å²) in [7, 11) is 0. The van der Waals surface area contributed by atoms with Crippen LogP contribution in [0.1, 0.15) is 52.9 Å². The van der Waals surface area contributed by atoms with Crippen LogP contribution in [0.4, 0.5) is 0 Å². The van der Waals surface area contributed by atoms with Crippen molar-refractivity contribution >= 4 is 0 Å². The molecule has 0 spiro atoms. The minimum atomic E-state index is 0.745. The molecule has 0 aliphatic carbocycles. The number of hydrogen-bond donors (Lipinski definition) is 1. The minimum absolute atomic E-state index is 0.745. The third kappa shape index (κ3) is 4.12. The lowest BCUT2D eigenvalue weighted by molar-refractivity contribution is 0.119. The lowest BCUT2D eigenvalue weighted by Crippen LogP contribution is -2.56. The zero-order valence-corrected chi connectivity index (χ0v) is 10.8. The molecule has 0 saturated carbocycles. The molecule has 0 aromatic carbocycles. The average molecular weight is 212 g/mol. The lowest BCUT2D eigenvalue weighted by atomic mass is 10.0. The molecule has 1 aliphatic heterocycles. The molecule has 1 N–H and O–H groups in total. The number of nitrogens with zero attached hydrogens (tertiary/aromatic N) is 1. The molecule has 90 valence electrons. The third-order valence-electron chi connectivity index (χ3n) is 3.38. The Morgan fingerprint density at radius 2 is 1.80 bits per heavy atom. The Labute approximate surface area is 95.4 Å². The molecule has 1 fully saturated rings. The van der Waals surface area contributed by atoms with Crippen LogP contribution in [0.5, 0.6) is 0 Å². The van der Waals surface area contributed by atoms with Crippen molar-refractivity contribution in [2.24, 2.45) is 0 Å². The van der Waals surface area contributed by atoms with Crippen molar-refractivity contribution in [2.75, 3.05) is 19.6 Å². The summed E-state index contributed by atoms with van der Waals surface area (Å²) >= 11 is 0. The maximum Gasteiger partial charge on any atom is 0.0221 e. The topological polar surface area (TPSA) is 15.3 Å². The van der Waals surface area contributed by atoms with Gasteiger partial charge in [-0.3, -0.25) is 4.90 Å². The summed E-state index contributed by atoms with van der Waals surface area (Å²) in [6, 6.07) is 1.54. The van der Waals surface area contributed by atoms with E-state index in [0.717, 1.165) is 12.1 Å². The highest BCUT2D eigenvalue weighted by Gasteiger charge is 2.25. The monoisotopic (exact) mass is 212 g/mol. The molecule has 1 heterocycles. The van der Waals surface area contributed by atoms with E-state index >= 15 is 0 Å². The average Bonchev–Trinajstić information content (AvgIpc) is 2.23. The van der Waals surface area contributed by atoms with Crippen molar-refractivity contribution in [3.63, 3.8) is 0 Å². The van der Waals surface area contributed by atoms with Gasteiger partial charge in [-0.25, -0.2) is 0 Å².